The highest BCUT2D eigenvalue weighted by Crippen LogP contribution is 2.13. The molecule has 0 atom stereocenters. The van der Waals surface area contributed by atoms with E-state index in [0.29, 0.717) is 26.2 Å². The number of hydrogen-bond donors (Lipinski definition) is 2. The molecule has 7 nitrogen and oxygen atoms in total. The van der Waals surface area contributed by atoms with Crippen molar-refractivity contribution in [2.45, 2.75) is 40.2 Å². The van der Waals surface area contributed by atoms with E-state index in [4.69, 9.17) is 0 Å². The Kier molecular flexibility index (Phi) is 9.24. The third-order valence-electron chi connectivity index (χ3n) is 3.37. The van der Waals surface area contributed by atoms with Crippen molar-refractivity contribution in [1.29, 1.82) is 0 Å². The molecular weight excluding hydrogens is 346 g/mol. The van der Waals surface area contributed by atoms with E-state index in [1.807, 2.05) is 20.0 Å². The van der Waals surface area contributed by atoms with Gasteiger partial charge in [0.25, 0.3) is 0 Å². The van der Waals surface area contributed by atoms with Gasteiger partial charge in [-0.1, -0.05) is 13.8 Å². The van der Waals surface area contributed by atoms with E-state index < -0.39 is 10.0 Å². The molecule has 0 spiro atoms. The minimum absolute atomic E-state index is 0.497. The number of sulfonamides is 1. The van der Waals surface area contributed by atoms with E-state index in [-0.39, 0.29) is 0 Å². The van der Waals surface area contributed by atoms with Crippen LogP contribution < -0.4 is 10.6 Å². The van der Waals surface area contributed by atoms with E-state index >= 15 is 0 Å². The van der Waals surface area contributed by atoms with Gasteiger partial charge in [0.1, 0.15) is 5.01 Å². The molecule has 0 aromatic carbocycles. The third-order valence-corrected chi connectivity index (χ3v) is 5.87. The maximum Gasteiger partial charge on any atom is 0.211 e. The molecule has 1 aromatic heterocycles. The van der Waals surface area contributed by atoms with Crippen LogP contribution >= 0.6 is 11.3 Å². The van der Waals surface area contributed by atoms with Crippen LogP contribution in [0.3, 0.4) is 0 Å². The van der Waals surface area contributed by atoms with Crippen LogP contribution in [-0.2, 0) is 23.0 Å². The number of aromatic nitrogens is 1. The Bertz CT molecular complexity index is 613. The van der Waals surface area contributed by atoms with E-state index in [1.165, 1.54) is 15.4 Å². The van der Waals surface area contributed by atoms with Crippen molar-refractivity contribution in [3.05, 3.63) is 16.1 Å². The average Bonchev–Trinajstić information content (AvgIpc) is 2.99. The molecule has 0 radical (unpaired) electrons. The Morgan fingerprint density at radius 1 is 1.33 bits per heavy atom. The van der Waals surface area contributed by atoms with Crippen LogP contribution in [0.2, 0.25) is 0 Å². The van der Waals surface area contributed by atoms with Gasteiger partial charge >= 0.3 is 0 Å². The quantitative estimate of drug-likeness (QED) is 0.367. The molecule has 0 amide bonds. The first-order valence-corrected chi connectivity index (χ1v) is 11.0. The van der Waals surface area contributed by atoms with Gasteiger partial charge in [-0.15, -0.1) is 11.3 Å². The summed E-state index contributed by atoms with van der Waals surface area (Å²) < 4.78 is 24.6. The fourth-order valence-electron chi connectivity index (χ4n) is 2.09. The molecule has 138 valence electrons. The molecule has 1 heterocycles. The van der Waals surface area contributed by atoms with Gasteiger partial charge in [-0.25, -0.2) is 22.7 Å². The zero-order valence-electron chi connectivity index (χ0n) is 15.0. The average molecular weight is 376 g/mol. The Hall–Kier alpha value is -1.19. The third kappa shape index (κ3) is 7.59. The van der Waals surface area contributed by atoms with Crippen LogP contribution in [0.1, 0.15) is 37.1 Å². The lowest BCUT2D eigenvalue weighted by Crippen LogP contribution is -2.39. The summed E-state index contributed by atoms with van der Waals surface area (Å²) in [6.07, 6.45) is 4.87. The molecule has 0 saturated carbocycles. The highest BCUT2D eigenvalue weighted by atomic mass is 32.2. The fourth-order valence-corrected chi connectivity index (χ4v) is 3.81. The second-order valence-electron chi connectivity index (χ2n) is 5.30. The van der Waals surface area contributed by atoms with Gasteiger partial charge < -0.3 is 10.6 Å². The number of aliphatic imine (C=N–C) groups is 1. The summed E-state index contributed by atoms with van der Waals surface area (Å²) in [4.78, 5) is 10.1. The van der Waals surface area contributed by atoms with E-state index in [1.54, 1.807) is 11.3 Å². The molecule has 0 aliphatic carbocycles. The van der Waals surface area contributed by atoms with E-state index in [0.717, 1.165) is 30.4 Å². The van der Waals surface area contributed by atoms with Gasteiger partial charge in [-0.2, -0.15) is 0 Å². The SMILES string of the molecule is CCNC(=NCc1ncc(CC)s1)NCCCN(CC)S(C)(=O)=O. The molecule has 1 rings (SSSR count). The molecule has 0 fully saturated rings. The van der Waals surface area contributed by atoms with E-state index in [9.17, 15) is 8.42 Å². The largest absolute Gasteiger partial charge is 0.357 e. The molecule has 0 saturated heterocycles. The summed E-state index contributed by atoms with van der Waals surface area (Å²) in [5.41, 5.74) is 0. The first kappa shape index (κ1) is 20.9. The lowest BCUT2D eigenvalue weighted by atomic mass is 10.4. The standard InChI is InChI=1S/C15H29N5O2S2/c1-5-13-11-18-14(23-13)12-19-15(16-6-2)17-9-8-10-20(7-3)24(4,21)22/h11H,5-10,12H2,1-4H3,(H2,16,17,19). The van der Waals surface area contributed by atoms with Crippen molar-refractivity contribution >= 4 is 27.3 Å². The number of nitrogens with one attached hydrogen (secondary N) is 2. The maximum absolute atomic E-state index is 11.5. The molecule has 24 heavy (non-hydrogen) atoms. The monoisotopic (exact) mass is 375 g/mol. The van der Waals surface area contributed by atoms with Gasteiger partial charge in [0.2, 0.25) is 10.0 Å². The fraction of sp³-hybridized carbons (Fsp3) is 0.733. The summed E-state index contributed by atoms with van der Waals surface area (Å²) in [7, 11) is -3.12. The highest BCUT2D eigenvalue weighted by Gasteiger charge is 2.13. The zero-order chi connectivity index (χ0) is 18.0. The van der Waals surface area contributed by atoms with Crippen molar-refractivity contribution in [2.24, 2.45) is 4.99 Å². The predicted molar refractivity (Wildman–Crippen MR) is 101 cm³/mol. The number of hydrogen-bond acceptors (Lipinski definition) is 5. The first-order valence-electron chi connectivity index (χ1n) is 8.31. The van der Waals surface area contributed by atoms with Crippen LogP contribution in [0.5, 0.6) is 0 Å². The molecule has 1 aromatic rings. The molecule has 2 N–H and O–H groups in total. The topological polar surface area (TPSA) is 86.7 Å². The number of guanidine groups is 1. The zero-order valence-corrected chi connectivity index (χ0v) is 16.6. The van der Waals surface area contributed by atoms with Gasteiger partial charge in [-0.3, -0.25) is 0 Å². The lowest BCUT2D eigenvalue weighted by molar-refractivity contribution is 0.424. The summed E-state index contributed by atoms with van der Waals surface area (Å²) in [5, 5.41) is 7.43. The second kappa shape index (κ2) is 10.6. The lowest BCUT2D eigenvalue weighted by Gasteiger charge is -2.18. The number of rotatable bonds is 10. The minimum atomic E-state index is -3.12. The molecule has 0 aliphatic heterocycles. The molecular formula is C15H29N5O2S2. The number of aryl methyl sites for hydroxylation is 1. The predicted octanol–water partition coefficient (Wildman–Crippen LogP) is 1.43. The number of nitrogens with zero attached hydrogens (tertiary/aromatic N) is 3. The number of thiazole rings is 1. The molecule has 0 unspecified atom stereocenters. The molecule has 0 aliphatic rings. The van der Waals surface area contributed by atoms with Crippen molar-refractivity contribution in [1.82, 2.24) is 19.9 Å². The summed E-state index contributed by atoms with van der Waals surface area (Å²) in [6, 6.07) is 0. The van der Waals surface area contributed by atoms with E-state index in [2.05, 4.69) is 27.5 Å². The second-order valence-corrected chi connectivity index (χ2v) is 8.49. The Morgan fingerprint density at radius 2 is 2.08 bits per heavy atom. The van der Waals surface area contributed by atoms with Crippen LogP contribution in [0.25, 0.3) is 0 Å². The van der Waals surface area contributed by atoms with Gasteiger partial charge in [0, 0.05) is 37.3 Å². The minimum Gasteiger partial charge on any atom is -0.357 e. The molecule has 0 bridgehead atoms. The van der Waals surface area contributed by atoms with Crippen molar-refractivity contribution in [3.63, 3.8) is 0 Å². The van der Waals surface area contributed by atoms with Crippen LogP contribution in [-0.4, -0.2) is 56.1 Å². The highest BCUT2D eigenvalue weighted by molar-refractivity contribution is 7.88. The van der Waals surface area contributed by atoms with Gasteiger partial charge in [-0.05, 0) is 19.8 Å². The van der Waals surface area contributed by atoms with Crippen molar-refractivity contribution in [3.8, 4) is 0 Å². The van der Waals surface area contributed by atoms with Gasteiger partial charge in [0.05, 0.1) is 12.8 Å². The van der Waals surface area contributed by atoms with Crippen LogP contribution in [0.15, 0.2) is 11.2 Å². The summed E-state index contributed by atoms with van der Waals surface area (Å²) >= 11 is 1.68. The smallest absolute Gasteiger partial charge is 0.211 e. The first-order chi connectivity index (χ1) is 11.4. The van der Waals surface area contributed by atoms with Gasteiger partial charge in [0.15, 0.2) is 5.96 Å². The summed E-state index contributed by atoms with van der Waals surface area (Å²) in [6.45, 7) is 8.96. The summed E-state index contributed by atoms with van der Waals surface area (Å²) in [5.74, 6) is 0.730. The Labute approximate surface area is 149 Å². The molecule has 9 heteroatoms. The maximum atomic E-state index is 11.5. The van der Waals surface area contributed by atoms with Crippen molar-refractivity contribution in [2.75, 3.05) is 32.4 Å². The van der Waals surface area contributed by atoms with Crippen molar-refractivity contribution < 1.29 is 8.42 Å². The normalized spacial score (nSPS) is 12.6. The Balaban J connectivity index is 2.46. The Morgan fingerprint density at radius 3 is 2.62 bits per heavy atom. The van der Waals surface area contributed by atoms with Crippen LogP contribution in [0, 0.1) is 0 Å². The van der Waals surface area contributed by atoms with Crippen LogP contribution in [0.4, 0.5) is 0 Å².